The van der Waals surface area contributed by atoms with Gasteiger partial charge in [0.1, 0.15) is 28.9 Å². The zero-order valence-corrected chi connectivity index (χ0v) is 23.5. The molecule has 0 spiro atoms. The highest BCUT2D eigenvalue weighted by atomic mass is 32.1. The van der Waals surface area contributed by atoms with Gasteiger partial charge in [-0.05, 0) is 36.4 Å². The second kappa shape index (κ2) is 10.4. The number of nitrogens with one attached hydrogen (secondary N) is 1. The minimum absolute atomic E-state index is 0.256. The predicted molar refractivity (Wildman–Crippen MR) is 157 cm³/mol. The average Bonchev–Trinajstić information content (AvgIpc) is 3.93. The molecule has 14 nitrogen and oxygen atoms in total. The second-order valence-corrected chi connectivity index (χ2v) is 10.6. The van der Waals surface area contributed by atoms with Gasteiger partial charge in [-0.15, -0.1) is 11.3 Å². The number of nitrogens with zero attached hydrogens (tertiary/aromatic N) is 12. The second-order valence-electron chi connectivity index (χ2n) is 9.66. The molecule has 0 radical (unpaired) electrons. The van der Waals surface area contributed by atoms with Crippen LogP contribution in [0.25, 0.3) is 0 Å². The molecule has 0 aliphatic carbocycles. The molecule has 0 aromatic carbocycles. The number of hydrogen-bond acceptors (Lipinski definition) is 14. The number of H-pyrrole nitrogens is 1. The molecule has 3 unspecified atom stereocenters. The first-order valence-corrected chi connectivity index (χ1v) is 14.4. The van der Waals surface area contributed by atoms with Crippen molar-refractivity contribution in [2.75, 3.05) is 9.80 Å². The van der Waals surface area contributed by atoms with E-state index >= 15 is 0 Å². The van der Waals surface area contributed by atoms with E-state index in [1.807, 2.05) is 46.7 Å². The maximum atomic E-state index is 6.26. The number of rotatable bonds is 7. The summed E-state index contributed by atoms with van der Waals surface area (Å²) in [5.74, 6) is 1.60. The van der Waals surface area contributed by atoms with Crippen molar-refractivity contribution < 1.29 is 4.42 Å². The summed E-state index contributed by atoms with van der Waals surface area (Å²) in [5.41, 5.74) is -1.52. The summed E-state index contributed by atoms with van der Waals surface area (Å²) in [7, 11) is 0. The van der Waals surface area contributed by atoms with Gasteiger partial charge in [-0.2, -0.15) is 15.3 Å². The Morgan fingerprint density at radius 3 is 2.36 bits per heavy atom. The van der Waals surface area contributed by atoms with Gasteiger partial charge in [0.25, 0.3) is 5.66 Å². The Balaban J connectivity index is 1.64. The molecule has 44 heavy (non-hydrogen) atoms. The highest BCUT2D eigenvalue weighted by Gasteiger charge is 2.74. The van der Waals surface area contributed by atoms with E-state index in [0.717, 1.165) is 0 Å². The Morgan fingerprint density at radius 1 is 0.773 bits per heavy atom. The van der Waals surface area contributed by atoms with Crippen LogP contribution >= 0.6 is 11.3 Å². The lowest BCUT2D eigenvalue weighted by Crippen LogP contribution is -2.57. The van der Waals surface area contributed by atoms with Crippen LogP contribution in [0, 0.1) is 0 Å². The Kier molecular flexibility index (Phi) is 6.08. The number of hydrogen-bond donors (Lipinski definition) is 1. The van der Waals surface area contributed by atoms with Gasteiger partial charge in [0.05, 0.1) is 23.8 Å². The largest absolute Gasteiger partial charge is 0.445 e. The van der Waals surface area contributed by atoms with Gasteiger partial charge in [-0.1, -0.05) is 6.07 Å². The molecule has 1 aliphatic rings. The highest BCUT2D eigenvalue weighted by molar-refractivity contribution is 7.09. The molecule has 8 heterocycles. The summed E-state index contributed by atoms with van der Waals surface area (Å²) < 4.78 is 6.26. The highest BCUT2D eigenvalue weighted by Crippen LogP contribution is 2.64. The fourth-order valence-corrected chi connectivity index (χ4v) is 6.93. The topological polar surface area (TPSA) is 164 Å². The number of anilines is 2. The molecule has 214 valence electrons. The van der Waals surface area contributed by atoms with E-state index in [2.05, 4.69) is 30.3 Å². The van der Waals surface area contributed by atoms with Gasteiger partial charge in [0, 0.05) is 55.0 Å². The number of thiazole rings is 1. The number of oxazole rings is 1. The lowest BCUT2D eigenvalue weighted by Gasteiger charge is -2.44. The van der Waals surface area contributed by atoms with E-state index in [9.17, 15) is 0 Å². The molecule has 0 amide bonds. The van der Waals surface area contributed by atoms with Gasteiger partial charge in [-0.3, -0.25) is 15.0 Å². The van der Waals surface area contributed by atoms with Crippen LogP contribution < -0.4 is 9.80 Å². The maximum Gasteiger partial charge on any atom is 0.257 e. The van der Waals surface area contributed by atoms with Crippen LogP contribution in [-0.2, 0) is 11.2 Å². The van der Waals surface area contributed by atoms with E-state index < -0.39 is 17.2 Å². The van der Waals surface area contributed by atoms with Gasteiger partial charge >= 0.3 is 0 Å². The van der Waals surface area contributed by atoms with Crippen molar-refractivity contribution in [2.45, 2.75) is 17.2 Å². The fourth-order valence-electron chi connectivity index (χ4n) is 6.06. The van der Waals surface area contributed by atoms with Crippen molar-refractivity contribution in [2.24, 2.45) is 0 Å². The van der Waals surface area contributed by atoms with Gasteiger partial charge in [0.15, 0.2) is 11.4 Å². The van der Waals surface area contributed by atoms with Gasteiger partial charge in [-0.25, -0.2) is 29.9 Å². The van der Waals surface area contributed by atoms with Crippen molar-refractivity contribution in [3.63, 3.8) is 0 Å². The smallest absolute Gasteiger partial charge is 0.257 e. The molecular weight excluding hydrogens is 578 g/mol. The molecule has 3 atom stereocenters. The lowest BCUT2D eigenvalue weighted by molar-refractivity contribution is 0.343. The molecule has 7 aromatic heterocycles. The minimum Gasteiger partial charge on any atom is -0.445 e. The Bertz CT molecular complexity index is 1890. The molecule has 1 aliphatic heterocycles. The lowest BCUT2D eigenvalue weighted by atomic mass is 9.84. The van der Waals surface area contributed by atoms with Crippen molar-refractivity contribution in [3.05, 3.63) is 144 Å². The van der Waals surface area contributed by atoms with Crippen molar-refractivity contribution >= 4 is 23.0 Å². The van der Waals surface area contributed by atoms with Crippen LogP contribution in [0.15, 0.2) is 120 Å². The van der Waals surface area contributed by atoms with Gasteiger partial charge in [0.2, 0.25) is 5.89 Å². The summed E-state index contributed by atoms with van der Waals surface area (Å²) in [6.45, 7) is 0. The first-order chi connectivity index (χ1) is 21.9. The van der Waals surface area contributed by atoms with Crippen molar-refractivity contribution in [1.82, 2.24) is 55.3 Å². The molecule has 15 heteroatoms. The first-order valence-electron chi connectivity index (χ1n) is 13.5. The predicted octanol–water partition coefficient (Wildman–Crippen LogP) is 3.53. The SMILES string of the molecule is c1ccc(N2C(c3ccn[nH]3)(c3nccs3)C(c3cccnn3)N(c3cnccn3)C2(c2ncccn2)c2ncco2)nc1. The fraction of sp³-hybridized carbons (Fsp3) is 0.103. The summed E-state index contributed by atoms with van der Waals surface area (Å²) in [6.07, 6.45) is 18.2. The zero-order valence-electron chi connectivity index (χ0n) is 22.7. The summed E-state index contributed by atoms with van der Waals surface area (Å²) in [6, 6.07) is 12.4. The third-order valence-electron chi connectivity index (χ3n) is 7.50. The molecule has 8 rings (SSSR count). The van der Waals surface area contributed by atoms with Crippen LogP contribution in [0.5, 0.6) is 0 Å². The molecule has 1 saturated heterocycles. The Morgan fingerprint density at radius 2 is 1.68 bits per heavy atom. The van der Waals surface area contributed by atoms with E-state index in [-0.39, 0.29) is 5.89 Å². The standard InChI is InChI=1S/C29H21N13OS/c1-2-8-31-22(6-1)42-28(21-7-12-38-40-21,27-36-16-18-44-27)24(20-5-3-11-37-39-20)41(23-19-30-13-14-32-23)29(42,26-35-15-17-43-26)25-33-9-4-10-34-25/h1-19,24H,(H,38,40). The van der Waals surface area contributed by atoms with E-state index in [4.69, 9.17) is 34.3 Å². The molecule has 1 N–H and O–H groups in total. The minimum atomic E-state index is -1.55. The molecule has 0 saturated carbocycles. The quantitative estimate of drug-likeness (QED) is 0.283. The third kappa shape index (κ3) is 3.59. The van der Waals surface area contributed by atoms with E-state index in [1.165, 1.54) is 17.6 Å². The van der Waals surface area contributed by atoms with Crippen LogP contribution in [0.2, 0.25) is 0 Å². The molecule has 7 aromatic rings. The van der Waals surface area contributed by atoms with Crippen molar-refractivity contribution in [1.29, 1.82) is 0 Å². The molecule has 0 bridgehead atoms. The Labute approximate surface area is 253 Å². The Hall–Kier alpha value is -5.96. The summed E-state index contributed by atoms with van der Waals surface area (Å²) in [4.78, 5) is 37.7. The summed E-state index contributed by atoms with van der Waals surface area (Å²) in [5, 5.41) is 19.3. The number of aromatic amines is 1. The zero-order chi connectivity index (χ0) is 29.4. The number of aromatic nitrogens is 11. The normalized spacial score (nSPS) is 21.5. The van der Waals surface area contributed by atoms with Crippen LogP contribution in [0.4, 0.5) is 11.6 Å². The maximum absolute atomic E-state index is 6.26. The van der Waals surface area contributed by atoms with E-state index in [1.54, 1.807) is 68.0 Å². The monoisotopic (exact) mass is 599 g/mol. The molecular formula is C29H21N13OS. The van der Waals surface area contributed by atoms with Crippen molar-refractivity contribution in [3.8, 4) is 0 Å². The van der Waals surface area contributed by atoms with Gasteiger partial charge < -0.3 is 9.32 Å². The third-order valence-corrected chi connectivity index (χ3v) is 8.40. The van der Waals surface area contributed by atoms with Crippen LogP contribution in [0.1, 0.15) is 34.2 Å². The average molecular weight is 600 g/mol. The summed E-state index contributed by atoms with van der Waals surface area (Å²) >= 11 is 1.47. The molecule has 1 fully saturated rings. The first kappa shape index (κ1) is 25.7. The number of pyridine rings is 1. The van der Waals surface area contributed by atoms with E-state index in [0.29, 0.717) is 33.9 Å². The van der Waals surface area contributed by atoms with Crippen LogP contribution in [-0.4, -0.2) is 55.3 Å². The van der Waals surface area contributed by atoms with Crippen LogP contribution in [0.3, 0.4) is 0 Å².